The third-order valence-corrected chi connectivity index (χ3v) is 17.1. The van der Waals surface area contributed by atoms with Crippen molar-refractivity contribution in [2.75, 3.05) is 47.5 Å². The van der Waals surface area contributed by atoms with Crippen molar-refractivity contribution in [3.8, 4) is 0 Å². The molecule has 0 aromatic carbocycles. The Morgan fingerprint density at radius 2 is 0.620 bits per heavy atom. The molecule has 92 heavy (non-hydrogen) atoms. The molecular formula is C83H148NO8+. The van der Waals surface area contributed by atoms with Crippen molar-refractivity contribution in [1.29, 1.82) is 0 Å². The molecule has 532 valence electrons. The summed E-state index contributed by atoms with van der Waals surface area (Å²) >= 11 is 0. The highest BCUT2D eigenvalue weighted by atomic mass is 16.7. The third kappa shape index (κ3) is 73.6. The van der Waals surface area contributed by atoms with Crippen LogP contribution in [0.5, 0.6) is 0 Å². The van der Waals surface area contributed by atoms with E-state index in [1.807, 2.05) is 21.1 Å². The normalized spacial score (nSPS) is 13.2. The van der Waals surface area contributed by atoms with Crippen molar-refractivity contribution in [2.45, 2.75) is 367 Å². The van der Waals surface area contributed by atoms with E-state index in [-0.39, 0.29) is 32.2 Å². The van der Waals surface area contributed by atoms with Crippen LogP contribution in [0, 0.1) is 0 Å². The van der Waals surface area contributed by atoms with E-state index in [4.69, 9.17) is 18.9 Å². The Morgan fingerprint density at radius 3 is 0.924 bits per heavy atom. The number of carboxylic acids is 1. The number of unbranched alkanes of at least 4 members (excludes halogenated alkanes) is 41. The van der Waals surface area contributed by atoms with Crippen LogP contribution in [0.4, 0.5) is 0 Å². The molecule has 0 saturated heterocycles. The maximum atomic E-state index is 13.0. The van der Waals surface area contributed by atoms with Gasteiger partial charge in [0, 0.05) is 12.8 Å². The van der Waals surface area contributed by atoms with Crippen molar-refractivity contribution in [1.82, 2.24) is 0 Å². The number of hydrogen-bond acceptors (Lipinski definition) is 7. The van der Waals surface area contributed by atoms with E-state index in [1.54, 1.807) is 0 Å². The number of carbonyl (C=O) groups is 3. The smallest absolute Gasteiger partial charge is 0.361 e. The largest absolute Gasteiger partial charge is 0.477 e. The number of aliphatic carboxylic acids is 1. The summed E-state index contributed by atoms with van der Waals surface area (Å²) in [4.78, 5) is 37.7. The molecule has 2 unspecified atom stereocenters. The van der Waals surface area contributed by atoms with Gasteiger partial charge in [0.05, 0.1) is 34.4 Å². The summed E-state index contributed by atoms with van der Waals surface area (Å²) in [6.45, 7) is 4.81. The number of rotatable bonds is 72. The zero-order valence-electron chi connectivity index (χ0n) is 60.9. The lowest BCUT2D eigenvalue weighted by Crippen LogP contribution is -2.40. The summed E-state index contributed by atoms with van der Waals surface area (Å²) < 4.78 is 23.0. The predicted octanol–water partition coefficient (Wildman–Crippen LogP) is 24.8. The molecule has 0 fully saturated rings. The molecule has 0 amide bonds. The van der Waals surface area contributed by atoms with Crippen LogP contribution in [-0.4, -0.2) is 87.4 Å². The molecule has 2 atom stereocenters. The van der Waals surface area contributed by atoms with Crippen LogP contribution < -0.4 is 0 Å². The van der Waals surface area contributed by atoms with Gasteiger partial charge in [0.25, 0.3) is 6.29 Å². The molecule has 0 aliphatic rings. The number of ether oxygens (including phenoxy) is 4. The van der Waals surface area contributed by atoms with Crippen molar-refractivity contribution in [3.63, 3.8) is 0 Å². The summed E-state index contributed by atoms with van der Waals surface area (Å²) in [6, 6.07) is 0. The van der Waals surface area contributed by atoms with Gasteiger partial charge in [-0.2, -0.15) is 0 Å². The molecule has 0 heterocycles. The van der Waals surface area contributed by atoms with Crippen LogP contribution >= 0.6 is 0 Å². The highest BCUT2D eigenvalue weighted by Gasteiger charge is 2.25. The van der Waals surface area contributed by atoms with Crippen molar-refractivity contribution in [3.05, 3.63) is 97.2 Å². The number of esters is 2. The van der Waals surface area contributed by atoms with Gasteiger partial charge < -0.3 is 28.5 Å². The lowest BCUT2D eigenvalue weighted by atomic mass is 10.0. The van der Waals surface area contributed by atoms with E-state index in [2.05, 4.69) is 111 Å². The summed E-state index contributed by atoms with van der Waals surface area (Å²) in [6.07, 6.45) is 98.3. The first kappa shape index (κ1) is 88.2. The first-order chi connectivity index (χ1) is 45.1. The number of allylic oxidation sites excluding steroid dienone is 16. The molecule has 0 bridgehead atoms. The Labute approximate surface area is 569 Å². The molecule has 0 aliphatic heterocycles. The Bertz CT molecular complexity index is 1840. The van der Waals surface area contributed by atoms with Gasteiger partial charge in [0.2, 0.25) is 0 Å². The summed E-state index contributed by atoms with van der Waals surface area (Å²) in [5.41, 5.74) is 0. The molecule has 0 radical (unpaired) electrons. The number of likely N-dealkylation sites (N-methyl/N-ethyl adjacent to an activating group) is 1. The highest BCUT2D eigenvalue weighted by Crippen LogP contribution is 2.19. The Morgan fingerprint density at radius 1 is 0.337 bits per heavy atom. The van der Waals surface area contributed by atoms with E-state index >= 15 is 0 Å². The minimum absolute atomic E-state index is 0.182. The van der Waals surface area contributed by atoms with Gasteiger partial charge in [-0.05, 0) is 77.0 Å². The monoisotopic (exact) mass is 1290 g/mol. The van der Waals surface area contributed by atoms with Crippen LogP contribution in [0.25, 0.3) is 0 Å². The molecule has 0 aliphatic carbocycles. The van der Waals surface area contributed by atoms with Gasteiger partial charge in [-0.25, -0.2) is 4.79 Å². The first-order valence-corrected chi connectivity index (χ1v) is 38.9. The van der Waals surface area contributed by atoms with Gasteiger partial charge in [-0.15, -0.1) is 0 Å². The van der Waals surface area contributed by atoms with Crippen LogP contribution in [0.15, 0.2) is 97.2 Å². The quantitative estimate of drug-likeness (QED) is 0.0211. The molecule has 0 saturated carbocycles. The second-order valence-electron chi connectivity index (χ2n) is 27.3. The van der Waals surface area contributed by atoms with Crippen LogP contribution in [0.2, 0.25) is 0 Å². The van der Waals surface area contributed by atoms with Gasteiger partial charge in [-0.1, -0.05) is 361 Å². The number of carboxylic acid groups (broad SMARTS) is 1. The van der Waals surface area contributed by atoms with E-state index in [9.17, 15) is 19.5 Å². The zero-order valence-corrected chi connectivity index (χ0v) is 60.9. The average molecular weight is 1290 g/mol. The van der Waals surface area contributed by atoms with E-state index < -0.39 is 24.3 Å². The van der Waals surface area contributed by atoms with Crippen LogP contribution in [0.3, 0.4) is 0 Å². The summed E-state index contributed by atoms with van der Waals surface area (Å²) in [7, 11) is 5.99. The molecule has 0 aromatic rings. The van der Waals surface area contributed by atoms with E-state index in [0.717, 1.165) is 96.3 Å². The fourth-order valence-electron chi connectivity index (χ4n) is 11.2. The molecule has 0 rings (SSSR count). The van der Waals surface area contributed by atoms with Crippen LogP contribution in [-0.2, 0) is 33.3 Å². The average Bonchev–Trinajstić information content (AvgIpc) is 3.75. The SMILES string of the molecule is CC/C=C\C/C=C\C/C=C\C/C=C\C/C=C\C/C=C\C/C=C\C/C=C\CCCCCCCCCCCCCCC(=O)OC(COC(=O)CCCCCCCCCCCCCCCCCCCCCCCCCCCCCCCC)COC(OCC[N+](C)(C)C)C(=O)O. The minimum Gasteiger partial charge on any atom is -0.477 e. The van der Waals surface area contributed by atoms with Gasteiger partial charge in [0.15, 0.2) is 6.10 Å². The third-order valence-electron chi connectivity index (χ3n) is 17.1. The Kier molecular flexibility index (Phi) is 70.0. The van der Waals surface area contributed by atoms with Gasteiger partial charge >= 0.3 is 17.9 Å². The van der Waals surface area contributed by atoms with E-state index in [0.29, 0.717) is 17.4 Å². The highest BCUT2D eigenvalue weighted by molar-refractivity contribution is 5.71. The minimum atomic E-state index is -1.51. The van der Waals surface area contributed by atoms with Gasteiger partial charge in [0.1, 0.15) is 13.2 Å². The number of carbonyl (C=O) groups excluding carboxylic acids is 2. The maximum absolute atomic E-state index is 13.0. The summed E-state index contributed by atoms with van der Waals surface area (Å²) in [5, 5.41) is 9.77. The fourth-order valence-corrected chi connectivity index (χ4v) is 11.2. The van der Waals surface area contributed by atoms with E-state index in [1.165, 1.54) is 231 Å². The second-order valence-corrected chi connectivity index (χ2v) is 27.3. The molecule has 1 N–H and O–H groups in total. The van der Waals surface area contributed by atoms with Crippen molar-refractivity contribution >= 4 is 17.9 Å². The molecule has 9 nitrogen and oxygen atoms in total. The first-order valence-electron chi connectivity index (χ1n) is 38.9. The topological polar surface area (TPSA) is 108 Å². The lowest BCUT2D eigenvalue weighted by Gasteiger charge is -2.25. The molecular weight excluding hydrogens is 1140 g/mol. The molecule has 9 heteroatoms. The number of quaternary nitrogens is 1. The van der Waals surface area contributed by atoms with Crippen LogP contribution in [0.1, 0.15) is 354 Å². The zero-order chi connectivity index (χ0) is 66.8. The molecule has 0 spiro atoms. The molecule has 0 aromatic heterocycles. The predicted molar refractivity (Wildman–Crippen MR) is 396 cm³/mol. The second kappa shape index (κ2) is 73.0. The number of nitrogens with zero attached hydrogens (tertiary/aromatic N) is 1. The van der Waals surface area contributed by atoms with Gasteiger partial charge in [-0.3, -0.25) is 9.59 Å². The van der Waals surface area contributed by atoms with Crippen molar-refractivity contribution < 1.29 is 42.9 Å². The Balaban J connectivity index is 4.06. The summed E-state index contributed by atoms with van der Waals surface area (Å²) in [5.74, 6) is -1.99. The standard InChI is InChI=1S/C83H147NO8/c1-6-8-10-12-14-16-18-20-22-24-26-28-30-32-34-36-38-39-40-41-42-43-44-46-48-50-52-54-56-58-60-62-64-66-68-70-72-74-81(86)92-79(78-91-83(82(87)88)89-76-75-84(3,4)5)77-90-80(85)73-71-69-67-65-63-61-59-57-55-53-51-49-47-45-37-35-33-31-29-27-25-23-21-19-17-15-13-11-9-7-2/h8,10,14,16,20,22,26,28,32,34,38-39,41-42,44,46,79,83H,6-7,9,11-13,15,17-19,21,23-25,27,29-31,33,35-37,40,43,45,47-78H2,1-5H3/p+1/b10-8-,16-14-,22-20-,28-26-,34-32-,39-38-,42-41-,46-44-. The van der Waals surface area contributed by atoms with Crippen molar-refractivity contribution in [2.24, 2.45) is 0 Å². The number of hydrogen-bond donors (Lipinski definition) is 1. The Hall–Kier alpha value is -3.79. The lowest BCUT2D eigenvalue weighted by molar-refractivity contribution is -0.870. The fraction of sp³-hybridized carbons (Fsp3) is 0.771. The maximum Gasteiger partial charge on any atom is 0.361 e.